The van der Waals surface area contributed by atoms with E-state index in [-0.39, 0.29) is 5.82 Å². The zero-order valence-corrected chi connectivity index (χ0v) is 7.14. The SMILES string of the molecule is O=[N+]([O-])c1ccc(C2CCC2)cn1. The number of hydrogen-bond acceptors (Lipinski definition) is 3. The molecule has 1 heterocycles. The van der Waals surface area contributed by atoms with E-state index in [0.717, 1.165) is 5.56 Å². The number of nitro groups is 1. The first-order chi connectivity index (χ1) is 6.27. The fourth-order valence-electron chi connectivity index (χ4n) is 1.49. The minimum Gasteiger partial charge on any atom is -0.358 e. The second-order valence-electron chi connectivity index (χ2n) is 3.33. The molecule has 1 saturated carbocycles. The van der Waals surface area contributed by atoms with E-state index in [1.165, 1.54) is 25.3 Å². The van der Waals surface area contributed by atoms with Crippen molar-refractivity contribution in [1.29, 1.82) is 0 Å². The zero-order chi connectivity index (χ0) is 9.26. The van der Waals surface area contributed by atoms with Crippen molar-refractivity contribution in [2.24, 2.45) is 0 Å². The maximum absolute atomic E-state index is 10.3. The minimum atomic E-state index is -0.468. The molecule has 4 nitrogen and oxygen atoms in total. The van der Waals surface area contributed by atoms with Crippen LogP contribution in [0.2, 0.25) is 0 Å². The summed E-state index contributed by atoms with van der Waals surface area (Å²) in [5.74, 6) is 0.524. The van der Waals surface area contributed by atoms with E-state index in [1.807, 2.05) is 6.07 Å². The summed E-state index contributed by atoms with van der Waals surface area (Å²) in [6.45, 7) is 0. The molecule has 1 aliphatic rings. The summed E-state index contributed by atoms with van der Waals surface area (Å²) < 4.78 is 0. The van der Waals surface area contributed by atoms with Crippen molar-refractivity contribution >= 4 is 5.82 Å². The molecule has 0 aromatic carbocycles. The van der Waals surface area contributed by atoms with Gasteiger partial charge in [0.15, 0.2) is 0 Å². The summed E-state index contributed by atoms with van der Waals surface area (Å²) in [4.78, 5) is 13.6. The Morgan fingerprint density at radius 2 is 2.23 bits per heavy atom. The Labute approximate surface area is 75.8 Å². The Morgan fingerprint density at radius 3 is 2.62 bits per heavy atom. The van der Waals surface area contributed by atoms with Gasteiger partial charge in [0.1, 0.15) is 6.20 Å². The number of nitrogens with zero attached hydrogens (tertiary/aromatic N) is 2. The molecule has 0 radical (unpaired) electrons. The Kier molecular flexibility index (Phi) is 1.96. The van der Waals surface area contributed by atoms with E-state index in [4.69, 9.17) is 0 Å². The summed E-state index contributed by atoms with van der Waals surface area (Å²) in [5.41, 5.74) is 1.14. The summed E-state index contributed by atoms with van der Waals surface area (Å²) in [7, 11) is 0. The van der Waals surface area contributed by atoms with Gasteiger partial charge in [-0.2, -0.15) is 0 Å². The third kappa shape index (κ3) is 1.52. The smallest absolute Gasteiger partial charge is 0.358 e. The van der Waals surface area contributed by atoms with Crippen LogP contribution in [0.25, 0.3) is 0 Å². The molecule has 0 aliphatic heterocycles. The lowest BCUT2D eigenvalue weighted by molar-refractivity contribution is -0.389. The Bertz CT molecular complexity index is 317. The van der Waals surface area contributed by atoms with Gasteiger partial charge in [0.25, 0.3) is 0 Å². The minimum absolute atomic E-state index is 0.0666. The van der Waals surface area contributed by atoms with Crippen molar-refractivity contribution in [2.45, 2.75) is 25.2 Å². The molecule has 0 bridgehead atoms. The summed E-state index contributed by atoms with van der Waals surface area (Å²) in [6.07, 6.45) is 5.28. The normalized spacial score (nSPS) is 16.6. The van der Waals surface area contributed by atoms with Crippen LogP contribution in [0.3, 0.4) is 0 Å². The summed E-state index contributed by atoms with van der Waals surface area (Å²) in [5, 5.41) is 10.3. The van der Waals surface area contributed by atoms with Gasteiger partial charge < -0.3 is 10.1 Å². The van der Waals surface area contributed by atoms with E-state index >= 15 is 0 Å². The average Bonchev–Trinajstić information content (AvgIpc) is 2.02. The van der Waals surface area contributed by atoms with Crippen molar-refractivity contribution in [2.75, 3.05) is 0 Å². The van der Waals surface area contributed by atoms with Crippen LogP contribution in [0, 0.1) is 10.1 Å². The molecule has 1 aromatic heterocycles. The van der Waals surface area contributed by atoms with Crippen LogP contribution in [0.1, 0.15) is 30.7 Å². The molecule has 0 amide bonds. The van der Waals surface area contributed by atoms with Gasteiger partial charge in [-0.05, 0) is 40.3 Å². The van der Waals surface area contributed by atoms with Crippen LogP contribution < -0.4 is 0 Å². The van der Waals surface area contributed by atoms with E-state index in [1.54, 1.807) is 6.20 Å². The van der Waals surface area contributed by atoms with Crippen molar-refractivity contribution in [3.8, 4) is 0 Å². The molecular weight excluding hydrogens is 168 g/mol. The number of rotatable bonds is 2. The van der Waals surface area contributed by atoms with Crippen LogP contribution in [0.4, 0.5) is 5.82 Å². The fraction of sp³-hybridized carbons (Fsp3) is 0.444. The van der Waals surface area contributed by atoms with Gasteiger partial charge in [-0.3, -0.25) is 0 Å². The quantitative estimate of drug-likeness (QED) is 0.515. The van der Waals surface area contributed by atoms with Crippen LogP contribution in [0.15, 0.2) is 18.3 Å². The average molecular weight is 178 g/mol. The Hall–Kier alpha value is -1.45. The first-order valence-electron chi connectivity index (χ1n) is 4.38. The van der Waals surface area contributed by atoms with E-state index in [2.05, 4.69) is 4.98 Å². The van der Waals surface area contributed by atoms with Gasteiger partial charge in [0, 0.05) is 6.07 Å². The molecule has 1 aliphatic carbocycles. The van der Waals surface area contributed by atoms with Crippen molar-refractivity contribution in [3.63, 3.8) is 0 Å². The third-order valence-electron chi connectivity index (χ3n) is 2.53. The summed E-state index contributed by atoms with van der Waals surface area (Å²) >= 11 is 0. The predicted molar refractivity (Wildman–Crippen MR) is 47.5 cm³/mol. The van der Waals surface area contributed by atoms with Gasteiger partial charge in [-0.1, -0.05) is 6.42 Å². The van der Waals surface area contributed by atoms with Crippen LogP contribution >= 0.6 is 0 Å². The Morgan fingerprint density at radius 1 is 1.46 bits per heavy atom. The van der Waals surface area contributed by atoms with Gasteiger partial charge in [-0.15, -0.1) is 0 Å². The van der Waals surface area contributed by atoms with Crippen LogP contribution in [-0.4, -0.2) is 9.91 Å². The Balaban J connectivity index is 2.17. The molecule has 2 rings (SSSR count). The maximum atomic E-state index is 10.3. The lowest BCUT2D eigenvalue weighted by Gasteiger charge is -2.24. The second-order valence-corrected chi connectivity index (χ2v) is 3.33. The highest BCUT2D eigenvalue weighted by atomic mass is 16.6. The maximum Gasteiger partial charge on any atom is 0.363 e. The van der Waals surface area contributed by atoms with Gasteiger partial charge in [0.2, 0.25) is 0 Å². The standard InChI is InChI=1S/C9H10N2O2/c12-11(13)9-5-4-8(6-10-9)7-2-1-3-7/h4-7H,1-3H2. The van der Waals surface area contributed by atoms with E-state index in [0.29, 0.717) is 5.92 Å². The van der Waals surface area contributed by atoms with Crippen molar-refractivity contribution in [3.05, 3.63) is 34.0 Å². The van der Waals surface area contributed by atoms with E-state index < -0.39 is 4.92 Å². The summed E-state index contributed by atoms with van der Waals surface area (Å²) in [6, 6.07) is 3.29. The van der Waals surface area contributed by atoms with Gasteiger partial charge in [0.05, 0.1) is 0 Å². The first kappa shape index (κ1) is 8.16. The molecule has 4 heteroatoms. The zero-order valence-electron chi connectivity index (χ0n) is 7.14. The number of aromatic nitrogens is 1. The lowest BCUT2D eigenvalue weighted by atomic mass is 9.81. The van der Waals surface area contributed by atoms with Gasteiger partial charge >= 0.3 is 5.82 Å². The topological polar surface area (TPSA) is 56.0 Å². The predicted octanol–water partition coefficient (Wildman–Crippen LogP) is 2.26. The fourth-order valence-corrected chi connectivity index (χ4v) is 1.49. The highest BCUT2D eigenvalue weighted by Crippen LogP contribution is 2.36. The molecule has 0 unspecified atom stereocenters. The highest BCUT2D eigenvalue weighted by Gasteiger charge is 2.21. The first-order valence-corrected chi connectivity index (χ1v) is 4.38. The van der Waals surface area contributed by atoms with E-state index in [9.17, 15) is 10.1 Å². The molecule has 0 N–H and O–H groups in total. The van der Waals surface area contributed by atoms with Gasteiger partial charge in [-0.25, -0.2) is 0 Å². The second kappa shape index (κ2) is 3.12. The number of pyridine rings is 1. The molecule has 68 valence electrons. The molecule has 0 saturated heterocycles. The molecule has 0 atom stereocenters. The molecule has 13 heavy (non-hydrogen) atoms. The lowest BCUT2D eigenvalue weighted by Crippen LogP contribution is -2.09. The van der Waals surface area contributed by atoms with Crippen molar-refractivity contribution in [1.82, 2.24) is 4.98 Å². The molecule has 0 spiro atoms. The third-order valence-corrected chi connectivity index (χ3v) is 2.53. The molecular formula is C9H10N2O2. The largest absolute Gasteiger partial charge is 0.363 e. The molecule has 1 aromatic rings. The highest BCUT2D eigenvalue weighted by molar-refractivity contribution is 5.26. The van der Waals surface area contributed by atoms with Crippen molar-refractivity contribution < 1.29 is 4.92 Å². The monoisotopic (exact) mass is 178 g/mol. The number of hydrogen-bond donors (Lipinski definition) is 0. The van der Waals surface area contributed by atoms with Crippen LogP contribution in [-0.2, 0) is 0 Å². The molecule has 1 fully saturated rings. The van der Waals surface area contributed by atoms with Crippen LogP contribution in [0.5, 0.6) is 0 Å².